The van der Waals surface area contributed by atoms with Gasteiger partial charge in [0.15, 0.2) is 5.78 Å². The summed E-state index contributed by atoms with van der Waals surface area (Å²) in [7, 11) is 3.11. The molecule has 0 aliphatic rings. The standard InChI is InChI=1S/C19H20O4S2/c1-22-13-7-5-12(6-8-13)17(19(24-3)25-4)18(21)15-10-9-14(23-2)11-16(15)20/h5-11,20H,1-4H3. The number of rotatable bonds is 7. The summed E-state index contributed by atoms with van der Waals surface area (Å²) in [6, 6.07) is 12.0. The normalized spacial score (nSPS) is 10.2. The van der Waals surface area contributed by atoms with E-state index in [1.165, 1.54) is 36.7 Å². The minimum Gasteiger partial charge on any atom is -0.507 e. The molecule has 0 fully saturated rings. The third-order valence-corrected chi connectivity index (χ3v) is 5.78. The van der Waals surface area contributed by atoms with Crippen molar-refractivity contribution in [1.29, 1.82) is 0 Å². The van der Waals surface area contributed by atoms with Gasteiger partial charge in [0.05, 0.1) is 24.0 Å². The monoisotopic (exact) mass is 376 g/mol. The molecule has 0 spiro atoms. The SMILES string of the molecule is COc1ccc(C(C(=O)c2ccc(OC)cc2O)=C(SC)SC)cc1. The molecular weight excluding hydrogens is 356 g/mol. The minimum absolute atomic E-state index is 0.100. The maximum absolute atomic E-state index is 13.2. The van der Waals surface area contributed by atoms with Crippen molar-refractivity contribution >= 4 is 34.9 Å². The highest BCUT2D eigenvalue weighted by Crippen LogP contribution is 2.37. The van der Waals surface area contributed by atoms with Gasteiger partial charge in [-0.05, 0) is 42.3 Å². The van der Waals surface area contributed by atoms with E-state index in [-0.39, 0.29) is 17.1 Å². The van der Waals surface area contributed by atoms with Gasteiger partial charge in [-0.15, -0.1) is 23.5 Å². The van der Waals surface area contributed by atoms with Gasteiger partial charge in [-0.1, -0.05) is 12.1 Å². The lowest BCUT2D eigenvalue weighted by Crippen LogP contribution is -2.05. The smallest absolute Gasteiger partial charge is 0.199 e. The number of allylic oxidation sites excluding steroid dienone is 1. The van der Waals surface area contributed by atoms with Gasteiger partial charge in [0, 0.05) is 11.6 Å². The van der Waals surface area contributed by atoms with Crippen molar-refractivity contribution in [2.24, 2.45) is 0 Å². The van der Waals surface area contributed by atoms with Gasteiger partial charge in [-0.25, -0.2) is 0 Å². The largest absolute Gasteiger partial charge is 0.507 e. The number of ether oxygens (including phenoxy) is 2. The molecule has 0 heterocycles. The molecule has 0 radical (unpaired) electrons. The molecule has 6 heteroatoms. The fraction of sp³-hybridized carbons (Fsp3) is 0.211. The second kappa shape index (κ2) is 8.87. The second-order valence-corrected chi connectivity index (χ2v) is 6.90. The van der Waals surface area contributed by atoms with Crippen LogP contribution in [0.2, 0.25) is 0 Å². The zero-order chi connectivity index (χ0) is 18.4. The van der Waals surface area contributed by atoms with Crippen LogP contribution in [0.5, 0.6) is 17.2 Å². The van der Waals surface area contributed by atoms with E-state index in [1.54, 1.807) is 19.2 Å². The Morgan fingerprint density at radius 3 is 1.96 bits per heavy atom. The zero-order valence-corrected chi connectivity index (χ0v) is 16.2. The van der Waals surface area contributed by atoms with E-state index in [2.05, 4.69) is 0 Å². The lowest BCUT2D eigenvalue weighted by molar-refractivity contribution is 0.105. The van der Waals surface area contributed by atoms with E-state index in [9.17, 15) is 9.90 Å². The Kier molecular flexibility index (Phi) is 6.84. The quantitative estimate of drug-likeness (QED) is 0.559. The summed E-state index contributed by atoms with van der Waals surface area (Å²) in [4.78, 5) is 13.2. The first-order valence-corrected chi connectivity index (χ1v) is 9.89. The molecule has 2 aromatic rings. The maximum atomic E-state index is 13.2. The molecule has 0 bridgehead atoms. The van der Waals surface area contributed by atoms with E-state index in [0.717, 1.165) is 15.6 Å². The van der Waals surface area contributed by atoms with E-state index in [0.29, 0.717) is 11.3 Å². The van der Waals surface area contributed by atoms with Crippen LogP contribution in [0.4, 0.5) is 0 Å². The molecule has 25 heavy (non-hydrogen) atoms. The molecule has 0 aromatic heterocycles. The number of hydrogen-bond donors (Lipinski definition) is 1. The Labute approximate surface area is 156 Å². The topological polar surface area (TPSA) is 55.8 Å². The number of thioether (sulfide) groups is 2. The summed E-state index contributed by atoms with van der Waals surface area (Å²) in [6.45, 7) is 0. The highest BCUT2D eigenvalue weighted by atomic mass is 32.2. The molecule has 132 valence electrons. The summed E-state index contributed by atoms with van der Waals surface area (Å²) in [5.74, 6) is 0.887. The van der Waals surface area contributed by atoms with Crippen molar-refractivity contribution in [1.82, 2.24) is 0 Å². The number of aromatic hydroxyl groups is 1. The number of ketones is 1. The molecule has 0 saturated carbocycles. The highest BCUT2D eigenvalue weighted by molar-refractivity contribution is 8.22. The summed E-state index contributed by atoms with van der Waals surface area (Å²) in [5.41, 5.74) is 1.58. The number of phenols is 1. The van der Waals surface area contributed by atoms with Gasteiger partial charge in [0.2, 0.25) is 0 Å². The van der Waals surface area contributed by atoms with Crippen LogP contribution in [-0.2, 0) is 0 Å². The van der Waals surface area contributed by atoms with Crippen LogP contribution in [-0.4, -0.2) is 37.6 Å². The predicted molar refractivity (Wildman–Crippen MR) is 106 cm³/mol. The molecule has 2 rings (SSSR count). The van der Waals surface area contributed by atoms with Crippen molar-refractivity contribution in [3.05, 3.63) is 57.8 Å². The van der Waals surface area contributed by atoms with Gasteiger partial charge in [0.25, 0.3) is 0 Å². The molecule has 0 aliphatic carbocycles. The van der Waals surface area contributed by atoms with Crippen LogP contribution in [0.25, 0.3) is 5.57 Å². The molecule has 4 nitrogen and oxygen atoms in total. The van der Waals surface area contributed by atoms with Gasteiger partial charge < -0.3 is 14.6 Å². The summed E-state index contributed by atoms with van der Waals surface area (Å²) < 4.78 is 11.2. The minimum atomic E-state index is -0.232. The number of benzene rings is 2. The Morgan fingerprint density at radius 1 is 0.920 bits per heavy atom. The molecule has 0 unspecified atom stereocenters. The van der Waals surface area contributed by atoms with Gasteiger partial charge >= 0.3 is 0 Å². The van der Waals surface area contributed by atoms with Crippen LogP contribution in [0.15, 0.2) is 46.7 Å². The van der Waals surface area contributed by atoms with Crippen LogP contribution in [0.1, 0.15) is 15.9 Å². The van der Waals surface area contributed by atoms with E-state index in [4.69, 9.17) is 9.47 Å². The Balaban J connectivity index is 2.56. The van der Waals surface area contributed by atoms with E-state index >= 15 is 0 Å². The maximum Gasteiger partial charge on any atom is 0.199 e. The number of phenolic OH excluding ortho intramolecular Hbond substituents is 1. The van der Waals surface area contributed by atoms with Crippen LogP contribution < -0.4 is 9.47 Å². The summed E-state index contributed by atoms with van der Waals surface area (Å²) in [5, 5.41) is 10.2. The Hall–Kier alpha value is -2.05. The van der Waals surface area contributed by atoms with Crippen molar-refractivity contribution in [2.75, 3.05) is 26.7 Å². The Morgan fingerprint density at radius 2 is 1.48 bits per heavy atom. The zero-order valence-electron chi connectivity index (χ0n) is 14.5. The fourth-order valence-corrected chi connectivity index (χ4v) is 3.85. The summed E-state index contributed by atoms with van der Waals surface area (Å²) >= 11 is 3.01. The molecule has 0 amide bonds. The van der Waals surface area contributed by atoms with Crippen molar-refractivity contribution in [3.8, 4) is 17.2 Å². The van der Waals surface area contributed by atoms with Crippen LogP contribution in [0.3, 0.4) is 0 Å². The van der Waals surface area contributed by atoms with E-state index in [1.807, 2.05) is 36.8 Å². The predicted octanol–water partition coefficient (Wildman–Crippen LogP) is 4.69. The summed E-state index contributed by atoms with van der Waals surface area (Å²) in [6.07, 6.45) is 3.85. The molecule has 0 saturated heterocycles. The van der Waals surface area contributed by atoms with Crippen molar-refractivity contribution < 1.29 is 19.4 Å². The number of Topliss-reactive ketones (excluding diaryl/α,β-unsaturated/α-hetero) is 1. The van der Waals surface area contributed by atoms with Crippen molar-refractivity contribution in [2.45, 2.75) is 0 Å². The van der Waals surface area contributed by atoms with Crippen molar-refractivity contribution in [3.63, 3.8) is 0 Å². The first-order chi connectivity index (χ1) is 12.0. The van der Waals surface area contributed by atoms with Gasteiger partial charge in [0.1, 0.15) is 17.2 Å². The molecule has 0 aliphatic heterocycles. The van der Waals surface area contributed by atoms with Crippen LogP contribution in [0, 0.1) is 0 Å². The van der Waals surface area contributed by atoms with Gasteiger partial charge in [-0.3, -0.25) is 4.79 Å². The molecular formula is C19H20O4S2. The molecule has 2 aromatic carbocycles. The molecule has 1 N–H and O–H groups in total. The third-order valence-electron chi connectivity index (χ3n) is 3.63. The van der Waals surface area contributed by atoms with Crippen LogP contribution >= 0.6 is 23.5 Å². The second-order valence-electron chi connectivity index (χ2n) is 5.01. The highest BCUT2D eigenvalue weighted by Gasteiger charge is 2.22. The lowest BCUT2D eigenvalue weighted by atomic mass is 9.97. The first kappa shape index (κ1) is 19.3. The Bertz CT molecular complexity index is 777. The fourth-order valence-electron chi connectivity index (χ4n) is 2.35. The van der Waals surface area contributed by atoms with E-state index < -0.39 is 0 Å². The molecule has 0 atom stereocenters. The lowest BCUT2D eigenvalue weighted by Gasteiger charge is -2.14. The average molecular weight is 376 g/mol. The number of carbonyl (C=O) groups is 1. The van der Waals surface area contributed by atoms with Gasteiger partial charge in [-0.2, -0.15) is 0 Å². The average Bonchev–Trinajstić information content (AvgIpc) is 2.65. The number of hydrogen-bond acceptors (Lipinski definition) is 6. The number of methoxy groups -OCH3 is 2. The third kappa shape index (κ3) is 4.32. The first-order valence-electron chi connectivity index (χ1n) is 7.44. The number of carbonyl (C=O) groups excluding carboxylic acids is 1.